The third-order valence-electron chi connectivity index (χ3n) is 9.94. The van der Waals surface area contributed by atoms with E-state index in [0.717, 1.165) is 32.1 Å². The van der Waals surface area contributed by atoms with Gasteiger partial charge < -0.3 is 8.98 Å². The fourth-order valence-electron chi connectivity index (χ4n) is 8.09. The van der Waals surface area contributed by atoms with Gasteiger partial charge in [-0.25, -0.2) is 0 Å². The van der Waals surface area contributed by atoms with E-state index in [1.165, 1.54) is 55.2 Å². The Morgan fingerprint density at radius 2 is 1.20 bits per heavy atom. The summed E-state index contributed by atoms with van der Waals surface area (Å²) in [5.41, 5.74) is 12.5. The highest BCUT2D eigenvalue weighted by Gasteiger charge is 2.46. The number of para-hydroxylation sites is 1. The van der Waals surface area contributed by atoms with Crippen molar-refractivity contribution in [3.05, 3.63) is 184 Å². The topological polar surface area (TPSA) is 18.1 Å². The first-order chi connectivity index (χ1) is 22.7. The Labute approximate surface area is 274 Å². The van der Waals surface area contributed by atoms with Crippen LogP contribution in [-0.2, 0) is 5.41 Å². The van der Waals surface area contributed by atoms with Gasteiger partial charge >= 0.3 is 0 Å². The lowest BCUT2D eigenvalue weighted by atomic mass is 9.67. The smallest absolute Gasteiger partial charge is 0.136 e. The van der Waals surface area contributed by atoms with Crippen molar-refractivity contribution in [3.63, 3.8) is 0 Å². The number of nitrogens with zero attached hydrogens (tertiary/aromatic N) is 1. The number of benzene rings is 7. The second-order valence-corrected chi connectivity index (χ2v) is 13.0. The first-order valence-corrected chi connectivity index (χ1v) is 16.4. The van der Waals surface area contributed by atoms with Crippen LogP contribution in [0, 0.1) is 0 Å². The quantitative estimate of drug-likeness (QED) is 0.186. The molecule has 0 spiro atoms. The average Bonchev–Trinajstić information content (AvgIpc) is 3.74. The van der Waals surface area contributed by atoms with E-state index in [9.17, 15) is 0 Å². The minimum atomic E-state index is -0.459. The van der Waals surface area contributed by atoms with Crippen LogP contribution in [0.5, 0.6) is 0 Å². The van der Waals surface area contributed by atoms with Gasteiger partial charge in [-0.2, -0.15) is 0 Å². The summed E-state index contributed by atoms with van der Waals surface area (Å²) in [4.78, 5) is 0. The van der Waals surface area contributed by atoms with Crippen molar-refractivity contribution >= 4 is 59.7 Å². The Bertz CT molecular complexity index is 2610. The summed E-state index contributed by atoms with van der Waals surface area (Å²) in [6, 6.07) is 57.4. The molecule has 2 nitrogen and oxygen atoms in total. The molecule has 0 aliphatic heterocycles. The number of hydrogen-bond acceptors (Lipinski definition) is 1. The molecule has 216 valence electrons. The average molecular weight is 653 g/mol. The highest BCUT2D eigenvalue weighted by atomic mass is 79.9. The zero-order chi connectivity index (χ0) is 30.4. The monoisotopic (exact) mass is 651 g/mol. The molecule has 46 heavy (non-hydrogen) atoms. The maximum Gasteiger partial charge on any atom is 0.136 e. The van der Waals surface area contributed by atoms with E-state index in [1.54, 1.807) is 0 Å². The predicted molar refractivity (Wildman–Crippen MR) is 193 cm³/mol. The second-order valence-electron chi connectivity index (χ2n) is 12.2. The maximum absolute atomic E-state index is 6.26. The summed E-state index contributed by atoms with van der Waals surface area (Å²) >= 11 is 3.79. The maximum atomic E-state index is 6.26. The van der Waals surface area contributed by atoms with Gasteiger partial charge in [-0.05, 0) is 81.9 Å². The van der Waals surface area contributed by atoms with Gasteiger partial charge in [-0.3, -0.25) is 0 Å². The van der Waals surface area contributed by atoms with Gasteiger partial charge in [0, 0.05) is 31.7 Å². The summed E-state index contributed by atoms with van der Waals surface area (Å²) in [7, 11) is 0. The molecule has 1 aliphatic rings. The molecule has 3 heteroatoms. The number of rotatable bonds is 3. The van der Waals surface area contributed by atoms with E-state index in [-0.39, 0.29) is 0 Å². The molecule has 0 unspecified atom stereocenters. The van der Waals surface area contributed by atoms with Crippen molar-refractivity contribution in [1.29, 1.82) is 0 Å². The summed E-state index contributed by atoms with van der Waals surface area (Å²) in [5, 5.41) is 4.69. The molecule has 2 heterocycles. The molecular weight excluding hydrogens is 626 g/mol. The zero-order valence-corrected chi connectivity index (χ0v) is 26.3. The normalized spacial score (nSPS) is 13.5. The van der Waals surface area contributed by atoms with Crippen LogP contribution in [0.1, 0.15) is 22.3 Å². The van der Waals surface area contributed by atoms with E-state index < -0.39 is 5.41 Å². The third kappa shape index (κ3) is 3.36. The van der Waals surface area contributed by atoms with E-state index in [2.05, 4.69) is 166 Å². The lowest BCUT2D eigenvalue weighted by molar-refractivity contribution is 0.669. The lowest BCUT2D eigenvalue weighted by Crippen LogP contribution is -2.28. The molecule has 9 aromatic rings. The van der Waals surface area contributed by atoms with Crippen molar-refractivity contribution in [1.82, 2.24) is 4.57 Å². The van der Waals surface area contributed by atoms with Crippen molar-refractivity contribution in [3.8, 4) is 16.8 Å². The summed E-state index contributed by atoms with van der Waals surface area (Å²) in [6.07, 6.45) is 0. The van der Waals surface area contributed by atoms with Gasteiger partial charge in [0.2, 0.25) is 0 Å². The van der Waals surface area contributed by atoms with Gasteiger partial charge in [0.1, 0.15) is 11.2 Å². The molecule has 0 atom stereocenters. The number of furan rings is 1. The highest BCUT2D eigenvalue weighted by Crippen LogP contribution is 2.57. The highest BCUT2D eigenvalue weighted by molar-refractivity contribution is 9.10. The fourth-order valence-corrected chi connectivity index (χ4v) is 8.65. The minimum Gasteiger partial charge on any atom is -0.456 e. The Morgan fingerprint density at radius 3 is 2.00 bits per heavy atom. The van der Waals surface area contributed by atoms with Crippen LogP contribution < -0.4 is 0 Å². The van der Waals surface area contributed by atoms with Gasteiger partial charge in [0.15, 0.2) is 0 Å². The molecule has 0 amide bonds. The van der Waals surface area contributed by atoms with Crippen molar-refractivity contribution < 1.29 is 4.42 Å². The molecule has 0 radical (unpaired) electrons. The molecule has 7 aromatic carbocycles. The first kappa shape index (κ1) is 25.9. The summed E-state index contributed by atoms with van der Waals surface area (Å²) in [6.45, 7) is 0. The molecule has 10 rings (SSSR count). The van der Waals surface area contributed by atoms with Crippen LogP contribution in [0.3, 0.4) is 0 Å². The Hall–Kier alpha value is -5.38. The van der Waals surface area contributed by atoms with Gasteiger partial charge in [0.25, 0.3) is 0 Å². The van der Waals surface area contributed by atoms with Gasteiger partial charge in [0.05, 0.1) is 16.4 Å². The van der Waals surface area contributed by atoms with Crippen molar-refractivity contribution in [2.45, 2.75) is 5.41 Å². The number of halogens is 1. The molecule has 2 aromatic heterocycles. The summed E-state index contributed by atoms with van der Waals surface area (Å²) < 4.78 is 9.73. The number of hydrogen-bond donors (Lipinski definition) is 0. The molecule has 0 N–H and O–H groups in total. The first-order valence-electron chi connectivity index (χ1n) is 15.6. The van der Waals surface area contributed by atoms with E-state index in [4.69, 9.17) is 4.42 Å². The van der Waals surface area contributed by atoms with Gasteiger partial charge in [-0.1, -0.05) is 125 Å². The molecule has 1 aliphatic carbocycles. The van der Waals surface area contributed by atoms with E-state index >= 15 is 0 Å². The predicted octanol–water partition coefficient (Wildman–Crippen LogP) is 11.8. The molecule has 0 saturated heterocycles. The van der Waals surface area contributed by atoms with Crippen LogP contribution in [0.4, 0.5) is 0 Å². The van der Waals surface area contributed by atoms with Crippen molar-refractivity contribution in [2.75, 3.05) is 0 Å². The van der Waals surface area contributed by atoms with Gasteiger partial charge in [-0.15, -0.1) is 0 Å². The molecular formula is C43H26BrNO. The third-order valence-corrected chi connectivity index (χ3v) is 10.6. The minimum absolute atomic E-state index is 0.459. The Morgan fingerprint density at radius 1 is 0.478 bits per heavy atom. The van der Waals surface area contributed by atoms with Crippen LogP contribution in [0.2, 0.25) is 0 Å². The van der Waals surface area contributed by atoms with E-state index in [1.807, 2.05) is 12.1 Å². The molecule has 0 saturated carbocycles. The number of fused-ring (bicyclic) bond motifs is 9. The second kappa shape index (κ2) is 9.56. The largest absolute Gasteiger partial charge is 0.456 e. The fraction of sp³-hybridized carbons (Fsp3) is 0.0233. The van der Waals surface area contributed by atoms with E-state index in [0.29, 0.717) is 0 Å². The van der Waals surface area contributed by atoms with Crippen LogP contribution in [0.15, 0.2) is 167 Å². The Kier molecular flexibility index (Phi) is 5.38. The standard InChI is InChI=1S/C43H26BrNO/c44-37-19-11-21-41-42(37)34-24-29(22-23-40(34)46-41)45-38-20-10-8-17-31(38)33-25-32-30-16-7-9-18-35(30)43(36(32)26-39(33)45,27-12-3-1-4-13-27)28-14-5-2-6-15-28/h1-26H. The zero-order valence-electron chi connectivity index (χ0n) is 24.7. The molecule has 0 fully saturated rings. The SMILES string of the molecule is Brc1cccc2oc3ccc(-n4c5ccccc5c5cc6c(cc54)C(c4ccccc4)(c4ccccc4)c4ccccc4-6)cc3c12. The van der Waals surface area contributed by atoms with Crippen molar-refractivity contribution in [2.24, 2.45) is 0 Å². The molecule has 0 bridgehead atoms. The Balaban J connectivity index is 1.35. The van der Waals surface area contributed by atoms with Crippen LogP contribution in [-0.4, -0.2) is 4.57 Å². The lowest BCUT2D eigenvalue weighted by Gasteiger charge is -2.34. The van der Waals surface area contributed by atoms with Crippen LogP contribution in [0.25, 0.3) is 60.6 Å². The summed E-state index contributed by atoms with van der Waals surface area (Å²) in [5.74, 6) is 0. The number of aromatic nitrogens is 1. The van der Waals surface area contributed by atoms with Crippen LogP contribution >= 0.6 is 15.9 Å².